The molecule has 0 spiro atoms. The summed E-state index contributed by atoms with van der Waals surface area (Å²) in [5, 5.41) is 3.84. The monoisotopic (exact) mass is 199 g/mol. The van der Waals surface area contributed by atoms with E-state index in [2.05, 4.69) is 10.1 Å². The third-order valence-corrected chi connectivity index (χ3v) is 1.89. The maximum Gasteiger partial charge on any atom is 0.229 e. The van der Waals surface area contributed by atoms with Crippen molar-refractivity contribution >= 4 is 0 Å². The van der Waals surface area contributed by atoms with Gasteiger partial charge in [0, 0.05) is 13.0 Å². The van der Waals surface area contributed by atoms with E-state index in [9.17, 15) is 0 Å². The van der Waals surface area contributed by atoms with Gasteiger partial charge in [0.25, 0.3) is 0 Å². The molecule has 0 aliphatic heterocycles. The standard InChI is InChI=1S/C9H17N3O2/c1-6(2)7-11-8(12-14-7)9(3,10)5-13-4/h6H,5,10H2,1-4H3. The van der Waals surface area contributed by atoms with Crippen LogP contribution in [0.3, 0.4) is 0 Å². The van der Waals surface area contributed by atoms with E-state index >= 15 is 0 Å². The molecule has 0 aliphatic rings. The van der Waals surface area contributed by atoms with Crippen molar-refractivity contribution in [3.8, 4) is 0 Å². The first-order valence-corrected chi connectivity index (χ1v) is 4.59. The smallest absolute Gasteiger partial charge is 0.229 e. The van der Waals surface area contributed by atoms with E-state index in [0.29, 0.717) is 18.3 Å². The van der Waals surface area contributed by atoms with Gasteiger partial charge in [0.15, 0.2) is 5.82 Å². The van der Waals surface area contributed by atoms with Gasteiger partial charge in [-0.05, 0) is 6.92 Å². The summed E-state index contributed by atoms with van der Waals surface area (Å²) in [7, 11) is 1.59. The molecule has 0 aromatic carbocycles. The molecule has 0 fully saturated rings. The van der Waals surface area contributed by atoms with Gasteiger partial charge < -0.3 is 15.0 Å². The van der Waals surface area contributed by atoms with Gasteiger partial charge in [-0.25, -0.2) is 0 Å². The number of nitrogens with two attached hydrogens (primary N) is 1. The van der Waals surface area contributed by atoms with E-state index in [1.807, 2.05) is 20.8 Å². The number of hydrogen-bond donors (Lipinski definition) is 1. The van der Waals surface area contributed by atoms with Crippen molar-refractivity contribution in [1.29, 1.82) is 0 Å². The molecule has 1 rings (SSSR count). The van der Waals surface area contributed by atoms with E-state index in [0.717, 1.165) is 0 Å². The average Bonchev–Trinajstić information content (AvgIpc) is 2.51. The van der Waals surface area contributed by atoms with E-state index in [1.165, 1.54) is 0 Å². The van der Waals surface area contributed by atoms with Crippen molar-refractivity contribution < 1.29 is 9.26 Å². The Balaban J connectivity index is 2.85. The second kappa shape index (κ2) is 4.06. The molecule has 0 bridgehead atoms. The predicted molar refractivity (Wildman–Crippen MR) is 51.8 cm³/mol. The van der Waals surface area contributed by atoms with Crippen molar-refractivity contribution in [2.24, 2.45) is 5.73 Å². The summed E-state index contributed by atoms with van der Waals surface area (Å²) >= 11 is 0. The Morgan fingerprint density at radius 1 is 1.57 bits per heavy atom. The first-order chi connectivity index (χ1) is 6.47. The second-order valence-electron chi connectivity index (χ2n) is 3.96. The predicted octanol–water partition coefficient (Wildman–Crippen LogP) is 1.01. The molecule has 1 unspecified atom stereocenters. The van der Waals surface area contributed by atoms with Crippen molar-refractivity contribution in [2.45, 2.75) is 32.2 Å². The SMILES string of the molecule is COCC(C)(N)c1noc(C(C)C)n1. The minimum Gasteiger partial charge on any atom is -0.382 e. The summed E-state index contributed by atoms with van der Waals surface area (Å²) in [6.45, 7) is 6.15. The Kier molecular flexibility index (Phi) is 3.23. The Hall–Kier alpha value is -0.940. The molecule has 0 aliphatic carbocycles. The minimum atomic E-state index is -0.689. The summed E-state index contributed by atoms with van der Waals surface area (Å²) in [5.41, 5.74) is 5.26. The third-order valence-electron chi connectivity index (χ3n) is 1.89. The summed E-state index contributed by atoms with van der Waals surface area (Å²) in [6.07, 6.45) is 0. The Morgan fingerprint density at radius 3 is 2.64 bits per heavy atom. The molecule has 80 valence electrons. The summed E-state index contributed by atoms with van der Waals surface area (Å²) in [4.78, 5) is 4.22. The van der Waals surface area contributed by atoms with Gasteiger partial charge in [-0.1, -0.05) is 19.0 Å². The lowest BCUT2D eigenvalue weighted by molar-refractivity contribution is 0.135. The highest BCUT2D eigenvalue weighted by Gasteiger charge is 2.27. The van der Waals surface area contributed by atoms with E-state index in [-0.39, 0.29) is 5.92 Å². The number of hydrogen-bond acceptors (Lipinski definition) is 5. The van der Waals surface area contributed by atoms with Crippen molar-refractivity contribution in [2.75, 3.05) is 13.7 Å². The Morgan fingerprint density at radius 2 is 2.21 bits per heavy atom. The largest absolute Gasteiger partial charge is 0.382 e. The number of nitrogens with zero attached hydrogens (tertiary/aromatic N) is 2. The maximum atomic E-state index is 5.95. The highest BCUT2D eigenvalue weighted by molar-refractivity contribution is 5.03. The van der Waals surface area contributed by atoms with Crippen LogP contribution in [0.4, 0.5) is 0 Å². The molecular weight excluding hydrogens is 182 g/mol. The first kappa shape index (κ1) is 11.1. The molecule has 1 aromatic rings. The maximum absolute atomic E-state index is 5.95. The van der Waals surface area contributed by atoms with Crippen LogP contribution in [0.15, 0.2) is 4.52 Å². The molecule has 0 amide bonds. The summed E-state index contributed by atoms with van der Waals surface area (Å²) in [6, 6.07) is 0. The van der Waals surface area contributed by atoms with E-state index in [1.54, 1.807) is 7.11 Å². The summed E-state index contributed by atoms with van der Waals surface area (Å²) < 4.78 is 10.0. The molecule has 5 nitrogen and oxygen atoms in total. The van der Waals surface area contributed by atoms with Crippen molar-refractivity contribution in [3.05, 3.63) is 11.7 Å². The highest BCUT2D eigenvalue weighted by atomic mass is 16.5. The fourth-order valence-corrected chi connectivity index (χ4v) is 1.07. The van der Waals surface area contributed by atoms with E-state index in [4.69, 9.17) is 15.0 Å². The topological polar surface area (TPSA) is 74.2 Å². The van der Waals surface area contributed by atoms with Crippen LogP contribution in [-0.2, 0) is 10.3 Å². The fourth-order valence-electron chi connectivity index (χ4n) is 1.07. The molecule has 1 heterocycles. The molecule has 1 aromatic heterocycles. The van der Waals surface area contributed by atoms with Gasteiger partial charge in [0.05, 0.1) is 6.61 Å². The zero-order valence-corrected chi connectivity index (χ0v) is 9.07. The number of rotatable bonds is 4. The highest BCUT2D eigenvalue weighted by Crippen LogP contribution is 2.18. The van der Waals surface area contributed by atoms with Gasteiger partial charge in [-0.3, -0.25) is 0 Å². The minimum absolute atomic E-state index is 0.217. The van der Waals surface area contributed by atoms with Gasteiger partial charge >= 0.3 is 0 Å². The fraction of sp³-hybridized carbons (Fsp3) is 0.778. The number of ether oxygens (including phenoxy) is 1. The Labute approximate surface area is 83.6 Å². The molecule has 5 heteroatoms. The Bertz CT molecular complexity index is 294. The molecule has 2 N–H and O–H groups in total. The van der Waals surface area contributed by atoms with Gasteiger partial charge in [0.1, 0.15) is 5.54 Å². The van der Waals surface area contributed by atoms with Gasteiger partial charge in [-0.2, -0.15) is 4.98 Å². The van der Waals surface area contributed by atoms with Crippen LogP contribution in [0.2, 0.25) is 0 Å². The van der Waals surface area contributed by atoms with Crippen LogP contribution >= 0.6 is 0 Å². The molecule has 0 saturated carbocycles. The second-order valence-corrected chi connectivity index (χ2v) is 3.96. The van der Waals surface area contributed by atoms with Gasteiger partial charge in [0.2, 0.25) is 5.89 Å². The average molecular weight is 199 g/mol. The lowest BCUT2D eigenvalue weighted by atomic mass is 10.1. The summed E-state index contributed by atoms with van der Waals surface area (Å²) in [5.74, 6) is 1.31. The molecule has 0 radical (unpaired) electrons. The van der Waals surface area contributed by atoms with Crippen LogP contribution in [0.1, 0.15) is 38.4 Å². The van der Waals surface area contributed by atoms with Crippen LogP contribution < -0.4 is 5.73 Å². The third kappa shape index (κ3) is 2.30. The van der Waals surface area contributed by atoms with Crippen molar-refractivity contribution in [3.63, 3.8) is 0 Å². The van der Waals surface area contributed by atoms with E-state index < -0.39 is 5.54 Å². The lowest BCUT2D eigenvalue weighted by Crippen LogP contribution is -2.39. The van der Waals surface area contributed by atoms with Crippen LogP contribution in [0.5, 0.6) is 0 Å². The zero-order chi connectivity index (χ0) is 10.8. The first-order valence-electron chi connectivity index (χ1n) is 4.59. The molecular formula is C9H17N3O2. The van der Waals surface area contributed by atoms with Crippen LogP contribution in [0.25, 0.3) is 0 Å². The number of aromatic nitrogens is 2. The molecule has 0 saturated heterocycles. The lowest BCUT2D eigenvalue weighted by Gasteiger charge is -2.18. The van der Waals surface area contributed by atoms with Gasteiger partial charge in [-0.15, -0.1) is 0 Å². The van der Waals surface area contributed by atoms with Crippen LogP contribution in [0, 0.1) is 0 Å². The molecule has 1 atom stereocenters. The normalized spacial score (nSPS) is 15.9. The number of methoxy groups -OCH3 is 1. The van der Waals surface area contributed by atoms with Crippen LogP contribution in [-0.4, -0.2) is 23.9 Å². The van der Waals surface area contributed by atoms with Crippen molar-refractivity contribution in [1.82, 2.24) is 10.1 Å². The molecule has 14 heavy (non-hydrogen) atoms. The zero-order valence-electron chi connectivity index (χ0n) is 9.07. The quantitative estimate of drug-likeness (QED) is 0.783.